The van der Waals surface area contributed by atoms with Gasteiger partial charge in [0.05, 0.1) is 5.75 Å². The molecule has 0 radical (unpaired) electrons. The van der Waals surface area contributed by atoms with E-state index in [0.29, 0.717) is 5.92 Å². The Hall–Kier alpha value is -0.0900. The first-order chi connectivity index (χ1) is 7.09. The highest BCUT2D eigenvalue weighted by Gasteiger charge is 2.26. The summed E-state index contributed by atoms with van der Waals surface area (Å²) in [5, 5.41) is 9.27. The fourth-order valence-corrected chi connectivity index (χ4v) is 3.65. The zero-order valence-corrected chi connectivity index (χ0v) is 10.3. The molecular formula is C11H22O3S. The summed E-state index contributed by atoms with van der Waals surface area (Å²) in [6.45, 7) is 1.69. The highest BCUT2D eigenvalue weighted by Crippen LogP contribution is 2.30. The lowest BCUT2D eigenvalue weighted by Crippen LogP contribution is -2.29. The summed E-state index contributed by atoms with van der Waals surface area (Å²) >= 11 is 0. The molecule has 15 heavy (non-hydrogen) atoms. The third kappa shape index (κ3) is 4.11. The maximum atomic E-state index is 11.5. The minimum absolute atomic E-state index is 0.0178. The maximum Gasteiger partial charge on any atom is 0.150 e. The predicted octanol–water partition coefficient (Wildman–Crippen LogP) is 1.61. The van der Waals surface area contributed by atoms with Crippen molar-refractivity contribution in [3.8, 4) is 0 Å². The molecule has 0 bridgehead atoms. The average molecular weight is 234 g/mol. The lowest BCUT2D eigenvalue weighted by atomic mass is 9.81. The number of aliphatic hydroxyl groups excluding tert-OH is 1. The molecule has 0 aromatic carbocycles. The second kappa shape index (κ2) is 5.85. The summed E-state index contributed by atoms with van der Waals surface area (Å²) in [4.78, 5) is 0. The largest absolute Gasteiger partial charge is 0.396 e. The van der Waals surface area contributed by atoms with Crippen LogP contribution >= 0.6 is 0 Å². The van der Waals surface area contributed by atoms with E-state index < -0.39 is 9.84 Å². The molecule has 0 aliphatic heterocycles. The van der Waals surface area contributed by atoms with Gasteiger partial charge in [-0.25, -0.2) is 8.42 Å². The van der Waals surface area contributed by atoms with Gasteiger partial charge in [0.1, 0.15) is 9.84 Å². The molecule has 1 aliphatic rings. The standard InChI is InChI=1S/C11H22O3S/c1-2-15(13,14)9-11(8-12)10-6-4-3-5-7-10/h10-12H,2-9H2,1H3/t11-/m0/s1. The third-order valence-electron chi connectivity index (χ3n) is 3.46. The van der Waals surface area contributed by atoms with E-state index in [9.17, 15) is 13.5 Å². The van der Waals surface area contributed by atoms with Crippen molar-refractivity contribution in [3.63, 3.8) is 0 Å². The van der Waals surface area contributed by atoms with Gasteiger partial charge in [-0.1, -0.05) is 39.0 Å². The van der Waals surface area contributed by atoms with E-state index in [0.717, 1.165) is 12.8 Å². The molecule has 0 amide bonds. The van der Waals surface area contributed by atoms with Crippen molar-refractivity contribution in [2.45, 2.75) is 39.0 Å². The van der Waals surface area contributed by atoms with Gasteiger partial charge in [0.25, 0.3) is 0 Å². The molecule has 4 heteroatoms. The van der Waals surface area contributed by atoms with Gasteiger partial charge in [-0.3, -0.25) is 0 Å². The van der Waals surface area contributed by atoms with Crippen molar-refractivity contribution >= 4 is 9.84 Å². The molecule has 0 saturated heterocycles. The van der Waals surface area contributed by atoms with Crippen molar-refractivity contribution in [1.82, 2.24) is 0 Å². The Bertz CT molecular complexity index is 266. The Labute approximate surface area is 92.8 Å². The van der Waals surface area contributed by atoms with Gasteiger partial charge in [-0.15, -0.1) is 0 Å². The normalized spacial score (nSPS) is 21.5. The molecular weight excluding hydrogens is 212 g/mol. The molecule has 0 unspecified atom stereocenters. The average Bonchev–Trinajstić information content (AvgIpc) is 2.27. The molecule has 1 atom stereocenters. The number of sulfone groups is 1. The molecule has 1 rings (SSSR count). The highest BCUT2D eigenvalue weighted by molar-refractivity contribution is 7.91. The number of hydrogen-bond acceptors (Lipinski definition) is 3. The van der Waals surface area contributed by atoms with Crippen molar-refractivity contribution in [3.05, 3.63) is 0 Å². The molecule has 0 heterocycles. The lowest BCUT2D eigenvalue weighted by molar-refractivity contribution is 0.162. The van der Waals surface area contributed by atoms with Crippen LogP contribution in [0.3, 0.4) is 0 Å². The smallest absolute Gasteiger partial charge is 0.150 e. The Morgan fingerprint density at radius 1 is 1.27 bits per heavy atom. The van der Waals surface area contributed by atoms with Crippen LogP contribution in [0.4, 0.5) is 0 Å². The van der Waals surface area contributed by atoms with Crippen molar-refractivity contribution in [2.75, 3.05) is 18.1 Å². The topological polar surface area (TPSA) is 54.4 Å². The van der Waals surface area contributed by atoms with Gasteiger partial charge < -0.3 is 5.11 Å². The lowest BCUT2D eigenvalue weighted by Gasteiger charge is -2.28. The summed E-state index contributed by atoms with van der Waals surface area (Å²) in [6, 6.07) is 0. The first-order valence-corrected chi connectivity index (χ1v) is 7.72. The number of hydrogen-bond donors (Lipinski definition) is 1. The summed E-state index contributed by atoms with van der Waals surface area (Å²) in [5.41, 5.74) is 0. The second-order valence-electron chi connectivity index (χ2n) is 4.54. The molecule has 0 aromatic rings. The van der Waals surface area contributed by atoms with Crippen LogP contribution in [0.1, 0.15) is 39.0 Å². The van der Waals surface area contributed by atoms with Crippen LogP contribution < -0.4 is 0 Å². The minimum atomic E-state index is -2.94. The van der Waals surface area contributed by atoms with Gasteiger partial charge in [0, 0.05) is 12.4 Å². The van der Waals surface area contributed by atoms with E-state index in [-0.39, 0.29) is 24.0 Å². The van der Waals surface area contributed by atoms with Gasteiger partial charge in [0.2, 0.25) is 0 Å². The van der Waals surface area contributed by atoms with Crippen LogP contribution in [0.15, 0.2) is 0 Å². The summed E-state index contributed by atoms with van der Waals surface area (Å²) in [6.07, 6.45) is 5.81. The first-order valence-electron chi connectivity index (χ1n) is 5.90. The zero-order valence-electron chi connectivity index (χ0n) is 9.48. The van der Waals surface area contributed by atoms with E-state index in [1.165, 1.54) is 19.3 Å². The fourth-order valence-electron chi connectivity index (χ4n) is 2.39. The molecule has 3 nitrogen and oxygen atoms in total. The minimum Gasteiger partial charge on any atom is -0.396 e. The summed E-state index contributed by atoms with van der Waals surface area (Å²) in [5.74, 6) is 0.751. The maximum absolute atomic E-state index is 11.5. The Balaban J connectivity index is 2.54. The van der Waals surface area contributed by atoms with Crippen LogP contribution in [0.2, 0.25) is 0 Å². The fraction of sp³-hybridized carbons (Fsp3) is 1.00. The van der Waals surface area contributed by atoms with E-state index in [1.807, 2.05) is 0 Å². The molecule has 1 fully saturated rings. The predicted molar refractivity (Wildman–Crippen MR) is 61.5 cm³/mol. The van der Waals surface area contributed by atoms with Gasteiger partial charge in [0.15, 0.2) is 0 Å². The van der Waals surface area contributed by atoms with Crippen LogP contribution in [0, 0.1) is 11.8 Å². The second-order valence-corrected chi connectivity index (χ2v) is 6.94. The quantitative estimate of drug-likeness (QED) is 0.786. The zero-order chi connectivity index (χ0) is 11.3. The molecule has 0 aromatic heterocycles. The Kier molecular flexibility index (Phi) is 5.06. The van der Waals surface area contributed by atoms with E-state index in [2.05, 4.69) is 0 Å². The van der Waals surface area contributed by atoms with Crippen molar-refractivity contribution in [2.24, 2.45) is 11.8 Å². The molecule has 0 spiro atoms. The van der Waals surface area contributed by atoms with Crippen LogP contribution in [0.25, 0.3) is 0 Å². The molecule has 1 N–H and O–H groups in total. The van der Waals surface area contributed by atoms with E-state index in [1.54, 1.807) is 6.92 Å². The third-order valence-corrected chi connectivity index (χ3v) is 5.27. The monoisotopic (exact) mass is 234 g/mol. The van der Waals surface area contributed by atoms with E-state index >= 15 is 0 Å². The van der Waals surface area contributed by atoms with Crippen LogP contribution in [-0.2, 0) is 9.84 Å². The van der Waals surface area contributed by atoms with E-state index in [4.69, 9.17) is 0 Å². The van der Waals surface area contributed by atoms with Crippen LogP contribution in [-0.4, -0.2) is 31.6 Å². The van der Waals surface area contributed by atoms with Gasteiger partial charge >= 0.3 is 0 Å². The Morgan fingerprint density at radius 3 is 2.33 bits per heavy atom. The molecule has 90 valence electrons. The van der Waals surface area contributed by atoms with Gasteiger partial charge in [-0.2, -0.15) is 0 Å². The van der Waals surface area contributed by atoms with Crippen molar-refractivity contribution < 1.29 is 13.5 Å². The Morgan fingerprint density at radius 2 is 1.87 bits per heavy atom. The number of aliphatic hydroxyl groups is 1. The first kappa shape index (κ1) is 13.0. The number of rotatable bonds is 5. The summed E-state index contributed by atoms with van der Waals surface area (Å²) < 4.78 is 23.0. The summed E-state index contributed by atoms with van der Waals surface area (Å²) in [7, 11) is -2.94. The molecule has 1 saturated carbocycles. The molecule has 1 aliphatic carbocycles. The highest BCUT2D eigenvalue weighted by atomic mass is 32.2. The van der Waals surface area contributed by atoms with Crippen molar-refractivity contribution in [1.29, 1.82) is 0 Å². The van der Waals surface area contributed by atoms with Gasteiger partial charge in [-0.05, 0) is 11.8 Å². The van der Waals surface area contributed by atoms with Crippen LogP contribution in [0.5, 0.6) is 0 Å². The SMILES string of the molecule is CCS(=O)(=O)C[C@H](CO)C1CCCCC1.